The summed E-state index contributed by atoms with van der Waals surface area (Å²) >= 11 is 2.24. The van der Waals surface area contributed by atoms with Crippen LogP contribution < -0.4 is 10.9 Å². The predicted octanol–water partition coefficient (Wildman–Crippen LogP) is 0.325. The Labute approximate surface area is 94.4 Å². The third-order valence-corrected chi connectivity index (χ3v) is 2.27. The number of alkyl halides is 1. The van der Waals surface area contributed by atoms with Crippen LogP contribution in [0.2, 0.25) is 0 Å². The first-order valence-corrected chi connectivity index (χ1v) is 5.66. The summed E-state index contributed by atoms with van der Waals surface area (Å²) in [6.45, 7) is 0.628. The van der Waals surface area contributed by atoms with E-state index in [1.54, 1.807) is 0 Å². The first-order chi connectivity index (χ1) is 6.74. The molecule has 1 rings (SSSR count). The van der Waals surface area contributed by atoms with Gasteiger partial charge in [-0.2, -0.15) is 5.10 Å². The van der Waals surface area contributed by atoms with E-state index in [1.807, 2.05) is 0 Å². The molecule has 2 N–H and O–H groups in total. The van der Waals surface area contributed by atoms with Gasteiger partial charge in [0.15, 0.2) is 0 Å². The maximum absolute atomic E-state index is 11.3. The molecule has 6 heteroatoms. The number of carbonyl (C=O) groups excluding carboxylic acids is 1. The number of hydrogen-bond acceptors (Lipinski definition) is 3. The van der Waals surface area contributed by atoms with E-state index in [2.05, 4.69) is 38.1 Å². The molecule has 0 aliphatic heterocycles. The van der Waals surface area contributed by atoms with Gasteiger partial charge in [0, 0.05) is 17.0 Å². The topological polar surface area (TPSA) is 74.8 Å². The SMILES string of the molecule is O=C(NCCCI)c1ccc(=O)[nH]n1. The van der Waals surface area contributed by atoms with Crippen molar-refractivity contribution in [2.75, 3.05) is 11.0 Å². The van der Waals surface area contributed by atoms with Gasteiger partial charge in [0.1, 0.15) is 5.69 Å². The number of hydrogen-bond donors (Lipinski definition) is 2. The molecule has 1 amide bonds. The van der Waals surface area contributed by atoms with Gasteiger partial charge in [-0.05, 0) is 12.5 Å². The van der Waals surface area contributed by atoms with Crippen molar-refractivity contribution < 1.29 is 4.79 Å². The average Bonchev–Trinajstić information content (AvgIpc) is 2.19. The van der Waals surface area contributed by atoms with Crippen molar-refractivity contribution in [1.29, 1.82) is 0 Å². The summed E-state index contributed by atoms with van der Waals surface area (Å²) in [5.74, 6) is -0.258. The number of halogens is 1. The summed E-state index contributed by atoms with van der Waals surface area (Å²) in [5, 5.41) is 8.50. The van der Waals surface area contributed by atoms with E-state index in [1.165, 1.54) is 12.1 Å². The van der Waals surface area contributed by atoms with Crippen LogP contribution in [0.3, 0.4) is 0 Å². The van der Waals surface area contributed by atoms with E-state index in [0.717, 1.165) is 10.8 Å². The minimum absolute atomic E-state index is 0.234. The van der Waals surface area contributed by atoms with Crippen molar-refractivity contribution in [1.82, 2.24) is 15.5 Å². The molecular weight excluding hydrogens is 297 g/mol. The van der Waals surface area contributed by atoms with Crippen LogP contribution in [0.5, 0.6) is 0 Å². The third-order valence-electron chi connectivity index (χ3n) is 1.51. The number of H-pyrrole nitrogens is 1. The fraction of sp³-hybridized carbons (Fsp3) is 0.375. The summed E-state index contributed by atoms with van der Waals surface area (Å²) in [7, 11) is 0. The number of aromatic amines is 1. The minimum Gasteiger partial charge on any atom is -0.351 e. The molecule has 1 heterocycles. The quantitative estimate of drug-likeness (QED) is 0.478. The highest BCUT2D eigenvalue weighted by molar-refractivity contribution is 14.1. The molecule has 0 fully saturated rings. The van der Waals surface area contributed by atoms with E-state index in [4.69, 9.17) is 0 Å². The molecule has 1 aromatic heterocycles. The van der Waals surface area contributed by atoms with Crippen LogP contribution in [0.25, 0.3) is 0 Å². The number of aromatic nitrogens is 2. The highest BCUT2D eigenvalue weighted by Crippen LogP contribution is 1.90. The number of nitrogens with zero attached hydrogens (tertiary/aromatic N) is 1. The Morgan fingerprint density at radius 1 is 1.57 bits per heavy atom. The van der Waals surface area contributed by atoms with Crippen molar-refractivity contribution in [2.24, 2.45) is 0 Å². The first kappa shape index (κ1) is 11.2. The van der Waals surface area contributed by atoms with Crippen LogP contribution in [0, 0.1) is 0 Å². The Bertz CT molecular complexity index is 343. The predicted molar refractivity (Wildman–Crippen MR) is 60.7 cm³/mol. The van der Waals surface area contributed by atoms with Gasteiger partial charge in [-0.1, -0.05) is 22.6 Å². The lowest BCUT2D eigenvalue weighted by Gasteiger charge is -2.01. The highest BCUT2D eigenvalue weighted by Gasteiger charge is 2.05. The smallest absolute Gasteiger partial charge is 0.271 e. The van der Waals surface area contributed by atoms with Crippen molar-refractivity contribution in [3.63, 3.8) is 0 Å². The maximum Gasteiger partial charge on any atom is 0.271 e. The zero-order valence-corrected chi connectivity index (χ0v) is 9.58. The van der Waals surface area contributed by atoms with Gasteiger partial charge in [0.25, 0.3) is 11.5 Å². The van der Waals surface area contributed by atoms with E-state index in [9.17, 15) is 9.59 Å². The number of amides is 1. The first-order valence-electron chi connectivity index (χ1n) is 4.14. The lowest BCUT2D eigenvalue weighted by atomic mass is 10.3. The summed E-state index contributed by atoms with van der Waals surface area (Å²) in [6.07, 6.45) is 0.926. The van der Waals surface area contributed by atoms with E-state index in [-0.39, 0.29) is 17.2 Å². The molecule has 5 nitrogen and oxygen atoms in total. The molecule has 0 saturated heterocycles. The molecule has 0 bridgehead atoms. The molecule has 0 aromatic carbocycles. The Morgan fingerprint density at radius 3 is 2.93 bits per heavy atom. The number of nitrogens with one attached hydrogen (secondary N) is 2. The lowest BCUT2D eigenvalue weighted by Crippen LogP contribution is -2.26. The maximum atomic E-state index is 11.3. The Balaban J connectivity index is 2.52. The van der Waals surface area contributed by atoms with E-state index >= 15 is 0 Å². The summed E-state index contributed by atoms with van der Waals surface area (Å²) in [4.78, 5) is 22.0. The fourth-order valence-electron chi connectivity index (χ4n) is 0.830. The van der Waals surface area contributed by atoms with Crippen molar-refractivity contribution in [3.05, 3.63) is 28.2 Å². The summed E-state index contributed by atoms with van der Waals surface area (Å²) in [6, 6.07) is 2.68. The highest BCUT2D eigenvalue weighted by atomic mass is 127. The molecule has 0 aliphatic rings. The molecule has 0 saturated carbocycles. The second-order valence-electron chi connectivity index (χ2n) is 2.60. The average molecular weight is 307 g/mol. The minimum atomic E-state index is -0.311. The molecule has 0 unspecified atom stereocenters. The van der Waals surface area contributed by atoms with E-state index < -0.39 is 0 Å². The van der Waals surface area contributed by atoms with Gasteiger partial charge in [-0.25, -0.2) is 5.10 Å². The van der Waals surface area contributed by atoms with Gasteiger partial charge < -0.3 is 5.32 Å². The van der Waals surface area contributed by atoms with Gasteiger partial charge in [0.2, 0.25) is 0 Å². The van der Waals surface area contributed by atoms with Crippen LogP contribution in [0.15, 0.2) is 16.9 Å². The van der Waals surface area contributed by atoms with Crippen molar-refractivity contribution >= 4 is 28.5 Å². The Hall–Kier alpha value is -0.920. The zero-order chi connectivity index (χ0) is 10.4. The Kier molecular flexibility index (Phi) is 4.57. The summed E-state index contributed by atoms with van der Waals surface area (Å²) in [5.41, 5.74) is -0.0770. The number of carbonyl (C=O) groups is 1. The monoisotopic (exact) mass is 307 g/mol. The molecule has 0 spiro atoms. The zero-order valence-electron chi connectivity index (χ0n) is 7.42. The summed E-state index contributed by atoms with van der Waals surface area (Å²) < 4.78 is 0.997. The Morgan fingerprint density at radius 2 is 2.36 bits per heavy atom. The molecule has 0 radical (unpaired) electrons. The standard InChI is InChI=1S/C8H10IN3O2/c9-4-1-5-10-8(14)6-2-3-7(13)12-11-6/h2-3H,1,4-5H2,(H,10,14)(H,12,13). The van der Waals surface area contributed by atoms with E-state index in [0.29, 0.717) is 6.54 Å². The van der Waals surface area contributed by atoms with Crippen LogP contribution in [-0.4, -0.2) is 27.1 Å². The van der Waals surface area contributed by atoms with Crippen LogP contribution in [0.4, 0.5) is 0 Å². The molecular formula is C8H10IN3O2. The molecule has 0 atom stereocenters. The van der Waals surface area contributed by atoms with Gasteiger partial charge in [-0.3, -0.25) is 9.59 Å². The normalized spacial score (nSPS) is 9.79. The van der Waals surface area contributed by atoms with Crippen LogP contribution in [0.1, 0.15) is 16.9 Å². The third kappa shape index (κ3) is 3.44. The molecule has 14 heavy (non-hydrogen) atoms. The van der Waals surface area contributed by atoms with Gasteiger partial charge >= 0.3 is 0 Å². The molecule has 0 aliphatic carbocycles. The second kappa shape index (κ2) is 5.74. The lowest BCUT2D eigenvalue weighted by molar-refractivity contribution is 0.0948. The van der Waals surface area contributed by atoms with Gasteiger partial charge in [-0.15, -0.1) is 0 Å². The largest absolute Gasteiger partial charge is 0.351 e. The number of rotatable bonds is 4. The van der Waals surface area contributed by atoms with Gasteiger partial charge in [0.05, 0.1) is 0 Å². The van der Waals surface area contributed by atoms with Crippen LogP contribution in [-0.2, 0) is 0 Å². The van der Waals surface area contributed by atoms with Crippen LogP contribution >= 0.6 is 22.6 Å². The fourth-order valence-corrected chi connectivity index (χ4v) is 1.21. The second-order valence-corrected chi connectivity index (χ2v) is 3.68. The van der Waals surface area contributed by atoms with Crippen molar-refractivity contribution in [2.45, 2.75) is 6.42 Å². The molecule has 76 valence electrons. The van der Waals surface area contributed by atoms with Crippen molar-refractivity contribution in [3.8, 4) is 0 Å². The molecule has 1 aromatic rings.